The van der Waals surface area contributed by atoms with Crippen LogP contribution < -0.4 is 5.32 Å². The molecule has 1 heterocycles. The van der Waals surface area contributed by atoms with Crippen LogP contribution >= 0.6 is 0 Å². The Morgan fingerprint density at radius 3 is 2.38 bits per heavy atom. The van der Waals surface area contributed by atoms with E-state index in [1.54, 1.807) is 16.9 Å². The number of aromatic nitrogens is 1. The highest BCUT2D eigenvalue weighted by molar-refractivity contribution is 5.92. The van der Waals surface area contributed by atoms with Crippen molar-refractivity contribution in [1.29, 1.82) is 0 Å². The van der Waals surface area contributed by atoms with Crippen molar-refractivity contribution < 1.29 is 14.3 Å². The van der Waals surface area contributed by atoms with Gasteiger partial charge in [-0.2, -0.15) is 0 Å². The molecule has 0 fully saturated rings. The molecule has 0 aliphatic carbocycles. The lowest BCUT2D eigenvalue weighted by atomic mass is 10.0. The Morgan fingerprint density at radius 2 is 1.81 bits per heavy atom. The van der Waals surface area contributed by atoms with Crippen molar-refractivity contribution in [3.63, 3.8) is 0 Å². The number of hydrogen-bond acceptors (Lipinski definition) is 3. The molecule has 0 unspecified atom stereocenters. The highest BCUT2D eigenvalue weighted by Gasteiger charge is 2.22. The van der Waals surface area contributed by atoms with Gasteiger partial charge in [0, 0.05) is 44.8 Å². The molecular formula is C25H38N4O3. The van der Waals surface area contributed by atoms with Crippen molar-refractivity contribution in [1.82, 2.24) is 14.4 Å². The van der Waals surface area contributed by atoms with E-state index in [0.717, 1.165) is 24.2 Å². The van der Waals surface area contributed by atoms with Gasteiger partial charge in [-0.1, -0.05) is 39.3 Å². The second-order valence-electron chi connectivity index (χ2n) is 8.40. The maximum atomic E-state index is 13.2. The van der Waals surface area contributed by atoms with E-state index in [0.29, 0.717) is 32.2 Å². The largest absolute Gasteiger partial charge is 0.383 e. The van der Waals surface area contributed by atoms with Crippen LogP contribution in [0.2, 0.25) is 0 Å². The molecule has 0 spiro atoms. The van der Waals surface area contributed by atoms with Gasteiger partial charge in [0.2, 0.25) is 5.91 Å². The number of amides is 3. The van der Waals surface area contributed by atoms with Crippen molar-refractivity contribution in [3.8, 4) is 0 Å². The minimum absolute atomic E-state index is 0.0318. The van der Waals surface area contributed by atoms with Gasteiger partial charge in [0.1, 0.15) is 6.54 Å². The molecule has 0 saturated carbocycles. The van der Waals surface area contributed by atoms with E-state index in [4.69, 9.17) is 4.74 Å². The van der Waals surface area contributed by atoms with E-state index < -0.39 is 0 Å². The second kappa shape index (κ2) is 12.9. The molecule has 32 heavy (non-hydrogen) atoms. The van der Waals surface area contributed by atoms with Crippen molar-refractivity contribution in [2.45, 2.75) is 46.1 Å². The molecule has 0 radical (unpaired) electrons. The van der Waals surface area contributed by atoms with Gasteiger partial charge < -0.3 is 24.4 Å². The predicted molar refractivity (Wildman–Crippen MR) is 129 cm³/mol. The number of hydrogen-bond donors (Lipinski definition) is 1. The summed E-state index contributed by atoms with van der Waals surface area (Å²) in [6, 6.07) is 11.6. The first kappa shape index (κ1) is 25.5. The molecule has 176 valence electrons. The third-order valence-corrected chi connectivity index (χ3v) is 5.55. The zero-order chi connectivity index (χ0) is 23.5. The lowest BCUT2D eigenvalue weighted by molar-refractivity contribution is -0.133. The molecule has 0 atom stereocenters. The number of unbranched alkanes of at least 4 members (excludes halogenated alkanes) is 1. The molecule has 1 aromatic heterocycles. The average Bonchev–Trinajstić information content (AvgIpc) is 3.18. The summed E-state index contributed by atoms with van der Waals surface area (Å²) in [7, 11) is 3.58. The SMILES string of the molecule is CCCCN(CC(=O)N(CCOC)Cc1cccn1C)C(=O)Nc1ccc(C(C)C)cc1. The molecule has 2 aromatic rings. The van der Waals surface area contributed by atoms with Crippen molar-refractivity contribution in [3.05, 3.63) is 53.9 Å². The molecule has 0 saturated heterocycles. The van der Waals surface area contributed by atoms with Gasteiger partial charge >= 0.3 is 6.03 Å². The van der Waals surface area contributed by atoms with Crippen LogP contribution in [0.15, 0.2) is 42.6 Å². The fourth-order valence-electron chi connectivity index (χ4n) is 3.37. The monoisotopic (exact) mass is 442 g/mol. The zero-order valence-electron chi connectivity index (χ0n) is 20.1. The summed E-state index contributed by atoms with van der Waals surface area (Å²) in [5.41, 5.74) is 2.98. The summed E-state index contributed by atoms with van der Waals surface area (Å²) in [5, 5.41) is 2.95. The number of nitrogens with one attached hydrogen (secondary N) is 1. The van der Waals surface area contributed by atoms with E-state index in [1.165, 1.54) is 5.56 Å². The smallest absolute Gasteiger partial charge is 0.322 e. The topological polar surface area (TPSA) is 66.8 Å². The molecule has 1 N–H and O–H groups in total. The number of rotatable bonds is 12. The minimum Gasteiger partial charge on any atom is -0.383 e. The number of carbonyl (C=O) groups is 2. The zero-order valence-corrected chi connectivity index (χ0v) is 20.1. The van der Waals surface area contributed by atoms with E-state index >= 15 is 0 Å². The third-order valence-electron chi connectivity index (χ3n) is 5.55. The maximum absolute atomic E-state index is 13.2. The van der Waals surface area contributed by atoms with Crippen LogP contribution in [0.25, 0.3) is 0 Å². The quantitative estimate of drug-likeness (QED) is 0.528. The van der Waals surface area contributed by atoms with Gasteiger partial charge in [0.05, 0.1) is 13.2 Å². The lowest BCUT2D eigenvalue weighted by Crippen LogP contribution is -2.45. The normalized spacial score (nSPS) is 10.9. The van der Waals surface area contributed by atoms with Gasteiger partial charge in [0.15, 0.2) is 0 Å². The van der Waals surface area contributed by atoms with Gasteiger partial charge in [-0.05, 0) is 42.2 Å². The van der Waals surface area contributed by atoms with Crippen LogP contribution in [-0.4, -0.2) is 59.7 Å². The summed E-state index contributed by atoms with van der Waals surface area (Å²) < 4.78 is 7.20. The van der Waals surface area contributed by atoms with Crippen LogP contribution in [0.4, 0.5) is 10.5 Å². The Labute approximate surface area is 192 Å². The molecule has 3 amide bonds. The first-order valence-electron chi connectivity index (χ1n) is 11.4. The summed E-state index contributed by atoms with van der Waals surface area (Å²) in [4.78, 5) is 29.5. The van der Waals surface area contributed by atoms with Crippen LogP contribution in [0.5, 0.6) is 0 Å². The summed E-state index contributed by atoms with van der Waals surface area (Å²) in [6.45, 7) is 8.30. The fourth-order valence-corrected chi connectivity index (χ4v) is 3.37. The summed E-state index contributed by atoms with van der Waals surface area (Å²) >= 11 is 0. The first-order valence-corrected chi connectivity index (χ1v) is 11.4. The number of aryl methyl sites for hydroxylation is 1. The molecule has 7 heteroatoms. The highest BCUT2D eigenvalue weighted by atomic mass is 16.5. The van der Waals surface area contributed by atoms with Gasteiger partial charge in [-0.3, -0.25) is 4.79 Å². The molecule has 7 nitrogen and oxygen atoms in total. The Kier molecular flexibility index (Phi) is 10.3. The van der Waals surface area contributed by atoms with Gasteiger partial charge in [-0.15, -0.1) is 0 Å². The number of benzene rings is 1. The molecular weight excluding hydrogens is 404 g/mol. The van der Waals surface area contributed by atoms with Crippen molar-refractivity contribution >= 4 is 17.6 Å². The lowest BCUT2D eigenvalue weighted by Gasteiger charge is -2.28. The number of nitrogens with zero attached hydrogens (tertiary/aromatic N) is 3. The number of urea groups is 1. The standard InChI is InChI=1S/C25H38N4O3/c1-6-7-15-29(25(31)26-22-12-10-21(11-13-22)20(2)3)19-24(30)28(16-17-32-5)18-23-9-8-14-27(23)4/h8-14,20H,6-7,15-19H2,1-5H3,(H,26,31). The Balaban J connectivity index is 2.08. The predicted octanol–water partition coefficient (Wildman–Crippen LogP) is 4.46. The maximum Gasteiger partial charge on any atom is 0.322 e. The van der Waals surface area contributed by atoms with Crippen molar-refractivity contribution in [2.75, 3.05) is 38.7 Å². The number of anilines is 1. The van der Waals surface area contributed by atoms with Crippen LogP contribution in [0.3, 0.4) is 0 Å². The highest BCUT2D eigenvalue weighted by Crippen LogP contribution is 2.17. The van der Waals surface area contributed by atoms with E-state index in [1.807, 2.05) is 54.2 Å². The Bertz CT molecular complexity index is 845. The van der Waals surface area contributed by atoms with Crippen LogP contribution in [0, 0.1) is 0 Å². The fraction of sp³-hybridized carbons (Fsp3) is 0.520. The van der Waals surface area contributed by atoms with Gasteiger partial charge in [0.25, 0.3) is 0 Å². The molecule has 2 rings (SSSR count). The van der Waals surface area contributed by atoms with Crippen LogP contribution in [0.1, 0.15) is 50.8 Å². The minimum atomic E-state index is -0.255. The molecule has 1 aromatic carbocycles. The molecule has 0 aliphatic rings. The molecule has 0 aliphatic heterocycles. The average molecular weight is 443 g/mol. The first-order chi connectivity index (χ1) is 15.3. The van der Waals surface area contributed by atoms with Crippen molar-refractivity contribution in [2.24, 2.45) is 7.05 Å². The van der Waals surface area contributed by atoms with E-state index in [-0.39, 0.29) is 18.5 Å². The Hall–Kier alpha value is -2.80. The third kappa shape index (κ3) is 7.71. The summed E-state index contributed by atoms with van der Waals surface area (Å²) in [6.07, 6.45) is 3.74. The number of methoxy groups -OCH3 is 1. The Morgan fingerprint density at radius 1 is 1.09 bits per heavy atom. The van der Waals surface area contributed by atoms with E-state index in [9.17, 15) is 9.59 Å². The van der Waals surface area contributed by atoms with E-state index in [2.05, 4.69) is 26.1 Å². The molecule has 0 bridgehead atoms. The second-order valence-corrected chi connectivity index (χ2v) is 8.40. The number of ether oxygens (including phenoxy) is 1. The number of carbonyl (C=O) groups excluding carboxylic acids is 2. The van der Waals surface area contributed by atoms with Gasteiger partial charge in [-0.25, -0.2) is 4.79 Å². The van der Waals surface area contributed by atoms with Crippen LogP contribution in [-0.2, 0) is 23.1 Å². The summed E-state index contributed by atoms with van der Waals surface area (Å²) in [5.74, 6) is 0.338.